The highest BCUT2D eigenvalue weighted by Gasteiger charge is 2.25. The summed E-state index contributed by atoms with van der Waals surface area (Å²) in [6.07, 6.45) is 3.73. The van der Waals surface area contributed by atoms with Gasteiger partial charge in [-0.05, 0) is 54.8 Å². The fourth-order valence-electron chi connectivity index (χ4n) is 5.12. The van der Waals surface area contributed by atoms with Gasteiger partial charge in [0.2, 0.25) is 0 Å². The molecule has 0 bridgehead atoms. The van der Waals surface area contributed by atoms with Crippen LogP contribution in [0.4, 0.5) is 0 Å². The van der Waals surface area contributed by atoms with E-state index < -0.39 is 9.84 Å². The molecule has 202 valence electrons. The molecule has 39 heavy (non-hydrogen) atoms. The van der Waals surface area contributed by atoms with Crippen LogP contribution in [-0.2, 0) is 22.0 Å². The number of fused-ring (bicyclic) bond motifs is 1. The number of hydrogen-bond acceptors (Lipinski definition) is 6. The number of benzene rings is 3. The van der Waals surface area contributed by atoms with Crippen LogP contribution in [-0.4, -0.2) is 68.9 Å². The van der Waals surface area contributed by atoms with Crippen molar-refractivity contribution in [2.24, 2.45) is 0 Å². The van der Waals surface area contributed by atoms with Gasteiger partial charge in [0, 0.05) is 37.8 Å². The molecule has 0 radical (unpaired) electrons. The number of nitrogens with zero attached hydrogens (tertiary/aromatic N) is 3. The number of carbonyl (C=O) groups excluding carboxylic acids is 1. The lowest BCUT2D eigenvalue weighted by Crippen LogP contribution is -2.48. The maximum atomic E-state index is 13.4. The fourth-order valence-corrected chi connectivity index (χ4v) is 6.65. The number of pyridine rings is 1. The molecule has 0 saturated carbocycles. The third kappa shape index (κ3) is 6.29. The third-order valence-corrected chi connectivity index (χ3v) is 8.94. The van der Waals surface area contributed by atoms with Crippen molar-refractivity contribution in [3.05, 3.63) is 102 Å². The molecule has 2 heterocycles. The quantitative estimate of drug-likeness (QED) is 0.307. The first-order valence-corrected chi connectivity index (χ1v) is 14.9. The molecule has 1 fully saturated rings. The van der Waals surface area contributed by atoms with Gasteiger partial charge in [0.1, 0.15) is 5.75 Å². The molecular formula is C31H33N3O4S. The number of piperazine rings is 1. The van der Waals surface area contributed by atoms with Crippen LogP contribution in [0.15, 0.2) is 90.0 Å². The van der Waals surface area contributed by atoms with Crippen LogP contribution >= 0.6 is 0 Å². The number of rotatable bonds is 9. The lowest BCUT2D eigenvalue weighted by atomic mass is 10.1. The first-order valence-electron chi connectivity index (χ1n) is 13.2. The molecular weight excluding hydrogens is 510 g/mol. The zero-order valence-corrected chi connectivity index (χ0v) is 22.9. The normalized spacial score (nSPS) is 14.4. The number of carbonyl (C=O) groups is 1. The Balaban J connectivity index is 1.22. The molecule has 0 aliphatic carbocycles. The molecule has 7 nitrogen and oxygen atoms in total. The highest BCUT2D eigenvalue weighted by atomic mass is 32.2. The smallest absolute Gasteiger partial charge is 0.257 e. The van der Waals surface area contributed by atoms with Crippen LogP contribution in [0, 0.1) is 0 Å². The Labute approximate surface area is 230 Å². The summed E-state index contributed by atoms with van der Waals surface area (Å²) in [4.78, 5) is 22.1. The summed E-state index contributed by atoms with van der Waals surface area (Å²) in [5, 5.41) is 0.772. The van der Waals surface area contributed by atoms with Gasteiger partial charge in [-0.25, -0.2) is 8.42 Å². The maximum Gasteiger partial charge on any atom is 0.257 e. The molecule has 0 spiro atoms. The van der Waals surface area contributed by atoms with E-state index in [0.29, 0.717) is 35.5 Å². The highest BCUT2D eigenvalue weighted by molar-refractivity contribution is 7.90. The minimum absolute atomic E-state index is 0.0940. The number of aryl methyl sites for hydroxylation is 1. The Morgan fingerprint density at radius 3 is 2.44 bits per heavy atom. The number of amides is 1. The van der Waals surface area contributed by atoms with Gasteiger partial charge in [-0.15, -0.1) is 0 Å². The number of sulfone groups is 1. The fraction of sp³-hybridized carbons (Fsp3) is 0.290. The summed E-state index contributed by atoms with van der Waals surface area (Å²) in [6.45, 7) is 3.97. The van der Waals surface area contributed by atoms with E-state index in [9.17, 15) is 13.2 Å². The molecule has 8 heteroatoms. The summed E-state index contributed by atoms with van der Waals surface area (Å²) in [7, 11) is -2.17. The molecule has 0 atom stereocenters. The predicted molar refractivity (Wildman–Crippen MR) is 153 cm³/mol. The molecule has 1 aliphatic heterocycles. The largest absolute Gasteiger partial charge is 0.496 e. The lowest BCUT2D eigenvalue weighted by molar-refractivity contribution is 0.0633. The molecule has 3 aromatic carbocycles. The lowest BCUT2D eigenvalue weighted by Gasteiger charge is -2.35. The molecule has 1 saturated heterocycles. The van der Waals surface area contributed by atoms with E-state index in [-0.39, 0.29) is 16.6 Å². The summed E-state index contributed by atoms with van der Waals surface area (Å²) in [6, 6.07) is 24.3. The van der Waals surface area contributed by atoms with Crippen molar-refractivity contribution >= 4 is 26.6 Å². The number of aromatic nitrogens is 1. The summed E-state index contributed by atoms with van der Waals surface area (Å²) in [5.41, 5.74) is 2.81. The van der Waals surface area contributed by atoms with Crippen molar-refractivity contribution in [3.8, 4) is 5.75 Å². The van der Waals surface area contributed by atoms with Gasteiger partial charge >= 0.3 is 0 Å². The Morgan fingerprint density at radius 1 is 0.897 bits per heavy atom. The molecule has 1 amide bonds. The number of methoxy groups -OCH3 is 1. The SMILES string of the molecule is COc1cc(CS(=O)(=O)c2cccc3cccnc23)ccc1C(=O)N1CCN(CCCc2ccccc2)CC1. The van der Waals surface area contributed by atoms with E-state index in [1.54, 1.807) is 42.6 Å². The van der Waals surface area contributed by atoms with E-state index in [2.05, 4.69) is 34.1 Å². The van der Waals surface area contributed by atoms with E-state index in [1.165, 1.54) is 12.7 Å². The third-order valence-electron chi connectivity index (χ3n) is 7.23. The zero-order valence-electron chi connectivity index (χ0n) is 22.1. The molecule has 1 aromatic heterocycles. The Hall–Kier alpha value is -3.75. The minimum Gasteiger partial charge on any atom is -0.496 e. The summed E-state index contributed by atoms with van der Waals surface area (Å²) < 4.78 is 32.2. The Bertz CT molecular complexity index is 1540. The van der Waals surface area contributed by atoms with E-state index in [0.717, 1.165) is 37.9 Å². The van der Waals surface area contributed by atoms with Crippen LogP contribution in [0.2, 0.25) is 0 Å². The first kappa shape index (κ1) is 26.8. The van der Waals surface area contributed by atoms with Crippen LogP contribution in [0.25, 0.3) is 10.9 Å². The second-order valence-electron chi connectivity index (χ2n) is 9.85. The van der Waals surface area contributed by atoms with Crippen LogP contribution in [0.1, 0.15) is 27.9 Å². The zero-order chi connectivity index (χ0) is 27.2. The van der Waals surface area contributed by atoms with Crippen LogP contribution in [0.5, 0.6) is 5.75 Å². The molecule has 1 aliphatic rings. The van der Waals surface area contributed by atoms with Gasteiger partial charge < -0.3 is 9.64 Å². The maximum absolute atomic E-state index is 13.4. The van der Waals surface area contributed by atoms with Gasteiger partial charge in [-0.1, -0.05) is 54.6 Å². The van der Waals surface area contributed by atoms with Crippen molar-refractivity contribution < 1.29 is 17.9 Å². The second kappa shape index (κ2) is 12.0. The topological polar surface area (TPSA) is 79.8 Å². The number of para-hydroxylation sites is 1. The van der Waals surface area contributed by atoms with Crippen molar-refractivity contribution in [1.29, 1.82) is 0 Å². The van der Waals surface area contributed by atoms with E-state index >= 15 is 0 Å². The number of ether oxygens (including phenoxy) is 1. The van der Waals surface area contributed by atoms with Crippen molar-refractivity contribution in [1.82, 2.24) is 14.8 Å². The van der Waals surface area contributed by atoms with Crippen LogP contribution in [0.3, 0.4) is 0 Å². The van der Waals surface area contributed by atoms with Gasteiger partial charge in [-0.2, -0.15) is 0 Å². The van der Waals surface area contributed by atoms with E-state index in [1.807, 2.05) is 23.1 Å². The molecule has 0 unspecified atom stereocenters. The van der Waals surface area contributed by atoms with Gasteiger partial charge in [0.05, 0.1) is 28.8 Å². The minimum atomic E-state index is -3.67. The molecule has 5 rings (SSSR count). The average molecular weight is 544 g/mol. The Kier molecular flexibility index (Phi) is 8.24. The highest BCUT2D eigenvalue weighted by Crippen LogP contribution is 2.28. The van der Waals surface area contributed by atoms with Crippen molar-refractivity contribution in [2.75, 3.05) is 39.8 Å². The monoisotopic (exact) mass is 543 g/mol. The van der Waals surface area contributed by atoms with Gasteiger partial charge in [0.15, 0.2) is 9.84 Å². The second-order valence-corrected chi connectivity index (χ2v) is 11.8. The predicted octanol–water partition coefficient (Wildman–Crippen LogP) is 4.61. The van der Waals surface area contributed by atoms with Gasteiger partial charge in [0.25, 0.3) is 5.91 Å². The standard InChI is InChI=1S/C31H33N3O4S/c1-38-28-22-25(23-39(36,37)29-13-5-11-26-12-6-16-32-30(26)29)14-15-27(28)31(35)34-20-18-33(19-21-34)17-7-10-24-8-3-2-4-9-24/h2-6,8-9,11-16,22H,7,10,17-21,23H2,1H3. The van der Waals surface area contributed by atoms with Crippen molar-refractivity contribution in [3.63, 3.8) is 0 Å². The number of hydrogen-bond donors (Lipinski definition) is 0. The average Bonchev–Trinajstić information content (AvgIpc) is 2.97. The first-order chi connectivity index (χ1) is 18.9. The molecule has 0 N–H and O–H groups in total. The van der Waals surface area contributed by atoms with Crippen molar-refractivity contribution in [2.45, 2.75) is 23.5 Å². The molecule has 4 aromatic rings. The van der Waals surface area contributed by atoms with Crippen LogP contribution < -0.4 is 4.74 Å². The van der Waals surface area contributed by atoms with Gasteiger partial charge in [-0.3, -0.25) is 14.7 Å². The van der Waals surface area contributed by atoms with E-state index in [4.69, 9.17) is 4.74 Å². The summed E-state index contributed by atoms with van der Waals surface area (Å²) in [5.74, 6) is 0.0762. The Morgan fingerprint density at radius 2 is 1.67 bits per heavy atom. The summed E-state index contributed by atoms with van der Waals surface area (Å²) >= 11 is 0.